The highest BCUT2D eigenvalue weighted by molar-refractivity contribution is 6.23. The molecule has 1 N–H and O–H groups in total. The van der Waals surface area contributed by atoms with E-state index in [1.807, 2.05) is 19.1 Å². The smallest absolute Gasteiger partial charge is 0.337 e. The lowest BCUT2D eigenvalue weighted by atomic mass is 10.0. The van der Waals surface area contributed by atoms with Gasteiger partial charge in [-0.3, -0.25) is 4.98 Å². The minimum Gasteiger partial charge on any atom is -0.478 e. The fourth-order valence-electron chi connectivity index (χ4n) is 1.92. The number of allylic oxidation sites excluding steroid dienone is 1. The van der Waals surface area contributed by atoms with Crippen molar-refractivity contribution in [3.63, 3.8) is 0 Å². The second-order valence-electron chi connectivity index (χ2n) is 4.13. The summed E-state index contributed by atoms with van der Waals surface area (Å²) in [5, 5.41) is 9.33. The zero-order valence-electron chi connectivity index (χ0n) is 9.56. The summed E-state index contributed by atoms with van der Waals surface area (Å²) in [4.78, 5) is 15.4. The molecule has 0 spiro atoms. The van der Waals surface area contributed by atoms with E-state index in [2.05, 4.69) is 4.98 Å². The van der Waals surface area contributed by atoms with Gasteiger partial charge in [0.2, 0.25) is 0 Å². The Morgan fingerprint density at radius 3 is 2.94 bits per heavy atom. The molecule has 1 aromatic heterocycles. The topological polar surface area (TPSA) is 50.2 Å². The van der Waals surface area contributed by atoms with Gasteiger partial charge in [0.1, 0.15) is 0 Å². The van der Waals surface area contributed by atoms with E-state index in [-0.39, 0.29) is 16.9 Å². The van der Waals surface area contributed by atoms with Crippen LogP contribution in [-0.4, -0.2) is 21.4 Å². The third kappa shape index (κ3) is 2.50. The van der Waals surface area contributed by atoms with E-state index in [4.69, 9.17) is 11.6 Å². The van der Waals surface area contributed by atoms with Crippen LogP contribution in [0.4, 0.5) is 0 Å². The molecular weight excluding hydrogens is 238 g/mol. The van der Waals surface area contributed by atoms with Crippen LogP contribution in [0.15, 0.2) is 24.4 Å². The van der Waals surface area contributed by atoms with Gasteiger partial charge >= 0.3 is 5.97 Å². The molecule has 2 unspecified atom stereocenters. The van der Waals surface area contributed by atoms with E-state index in [1.54, 1.807) is 12.3 Å². The number of nitrogens with zero attached hydrogens (tertiary/aromatic N) is 1. The number of pyridine rings is 1. The van der Waals surface area contributed by atoms with Gasteiger partial charge in [-0.25, -0.2) is 4.79 Å². The maximum Gasteiger partial charge on any atom is 0.337 e. The Hall–Kier alpha value is -1.35. The largest absolute Gasteiger partial charge is 0.478 e. The summed E-state index contributed by atoms with van der Waals surface area (Å²) in [6.45, 7) is 1.91. The molecule has 0 radical (unpaired) electrons. The van der Waals surface area contributed by atoms with Crippen LogP contribution in [0.5, 0.6) is 0 Å². The predicted molar refractivity (Wildman–Crippen MR) is 67.1 cm³/mol. The molecule has 0 bridgehead atoms. The standard InChI is InChI=1S/C13H14ClNO2/c1-2-4-9(13(16)17)12-8(5-3-6-15-12)10-7-11(10)14/h3-6,10-11H,2,7H2,1H3,(H,16,17)/b9-4+. The number of hydrogen-bond donors (Lipinski definition) is 1. The minimum atomic E-state index is -0.932. The van der Waals surface area contributed by atoms with Crippen molar-refractivity contribution < 1.29 is 9.90 Å². The number of carboxylic acid groups (broad SMARTS) is 1. The molecular formula is C13H14ClNO2. The summed E-state index contributed by atoms with van der Waals surface area (Å²) >= 11 is 6.02. The van der Waals surface area contributed by atoms with E-state index in [1.165, 1.54) is 0 Å². The van der Waals surface area contributed by atoms with Crippen LogP contribution in [0.3, 0.4) is 0 Å². The monoisotopic (exact) mass is 251 g/mol. The van der Waals surface area contributed by atoms with Crippen LogP contribution in [0.1, 0.15) is 36.9 Å². The normalized spacial score (nSPS) is 23.5. The van der Waals surface area contributed by atoms with Crippen molar-refractivity contribution >= 4 is 23.1 Å². The van der Waals surface area contributed by atoms with Crippen LogP contribution in [0.2, 0.25) is 0 Å². The van der Waals surface area contributed by atoms with Gasteiger partial charge in [-0.05, 0) is 24.5 Å². The van der Waals surface area contributed by atoms with E-state index < -0.39 is 5.97 Å². The van der Waals surface area contributed by atoms with Gasteiger partial charge in [-0.15, -0.1) is 11.6 Å². The first-order chi connectivity index (χ1) is 8.15. The SMILES string of the molecule is CC/C=C(/C(=O)O)c1ncccc1C1CC1Cl. The zero-order chi connectivity index (χ0) is 12.4. The molecule has 90 valence electrons. The minimum absolute atomic E-state index is 0.120. The maximum absolute atomic E-state index is 11.2. The molecule has 2 atom stereocenters. The first-order valence-electron chi connectivity index (χ1n) is 5.68. The molecule has 4 heteroatoms. The van der Waals surface area contributed by atoms with Crippen LogP contribution >= 0.6 is 11.6 Å². The van der Waals surface area contributed by atoms with E-state index in [9.17, 15) is 9.90 Å². The summed E-state index contributed by atoms with van der Waals surface area (Å²) in [6.07, 6.45) is 4.89. The molecule has 0 aliphatic heterocycles. The van der Waals surface area contributed by atoms with Gasteiger partial charge < -0.3 is 5.11 Å². The molecule has 1 heterocycles. The lowest BCUT2D eigenvalue weighted by molar-refractivity contribution is -0.130. The van der Waals surface area contributed by atoms with Crippen LogP contribution < -0.4 is 0 Å². The second-order valence-corrected chi connectivity index (χ2v) is 4.69. The molecule has 1 aliphatic carbocycles. The third-order valence-corrected chi connectivity index (χ3v) is 3.33. The summed E-state index contributed by atoms with van der Waals surface area (Å²) in [5.74, 6) is -0.682. The molecule has 0 aromatic carbocycles. The van der Waals surface area contributed by atoms with Gasteiger partial charge in [-0.2, -0.15) is 0 Å². The van der Waals surface area contributed by atoms with E-state index >= 15 is 0 Å². The molecule has 1 aromatic rings. The van der Waals surface area contributed by atoms with Crippen LogP contribution in [0, 0.1) is 0 Å². The number of alkyl halides is 1. The van der Waals surface area contributed by atoms with Crippen molar-refractivity contribution in [2.45, 2.75) is 31.1 Å². The average Bonchev–Trinajstić information content (AvgIpc) is 3.03. The molecule has 1 saturated carbocycles. The predicted octanol–water partition coefficient (Wildman–Crippen LogP) is 3.05. The summed E-state index contributed by atoms with van der Waals surface area (Å²) in [6, 6.07) is 3.74. The Kier molecular flexibility index (Phi) is 3.48. The van der Waals surface area contributed by atoms with E-state index in [0.717, 1.165) is 12.0 Å². The lowest BCUT2D eigenvalue weighted by Gasteiger charge is -2.08. The highest BCUT2D eigenvalue weighted by Gasteiger charge is 2.39. The maximum atomic E-state index is 11.2. The molecule has 0 amide bonds. The molecule has 17 heavy (non-hydrogen) atoms. The number of aliphatic carboxylic acids is 1. The fraction of sp³-hybridized carbons (Fsp3) is 0.385. The Balaban J connectivity index is 2.43. The quantitative estimate of drug-likeness (QED) is 0.661. The van der Waals surface area contributed by atoms with Gasteiger partial charge in [0.15, 0.2) is 0 Å². The number of carbonyl (C=O) groups is 1. The third-order valence-electron chi connectivity index (χ3n) is 2.84. The Morgan fingerprint density at radius 2 is 2.41 bits per heavy atom. The Bertz CT molecular complexity index is 470. The second kappa shape index (κ2) is 4.88. The van der Waals surface area contributed by atoms with Gasteiger partial charge in [0.05, 0.1) is 11.3 Å². The first-order valence-corrected chi connectivity index (χ1v) is 6.11. The molecule has 1 aliphatic rings. The van der Waals surface area contributed by atoms with Crippen molar-refractivity contribution in [2.75, 3.05) is 0 Å². The highest BCUT2D eigenvalue weighted by Crippen LogP contribution is 2.46. The number of carboxylic acids is 1. The number of rotatable bonds is 4. The average molecular weight is 252 g/mol. The lowest BCUT2D eigenvalue weighted by Crippen LogP contribution is -2.05. The fourth-order valence-corrected chi connectivity index (χ4v) is 2.24. The summed E-state index contributed by atoms with van der Waals surface area (Å²) in [5.41, 5.74) is 1.79. The van der Waals surface area contributed by atoms with Crippen molar-refractivity contribution in [1.29, 1.82) is 0 Å². The van der Waals surface area contributed by atoms with Crippen molar-refractivity contribution in [3.05, 3.63) is 35.7 Å². The van der Waals surface area contributed by atoms with Gasteiger partial charge in [0.25, 0.3) is 0 Å². The van der Waals surface area contributed by atoms with Crippen molar-refractivity contribution in [3.8, 4) is 0 Å². The molecule has 1 fully saturated rings. The number of halogens is 1. The Labute approximate surface area is 105 Å². The molecule has 2 rings (SSSR count). The molecule has 0 saturated heterocycles. The number of aromatic nitrogens is 1. The Morgan fingerprint density at radius 1 is 1.71 bits per heavy atom. The van der Waals surface area contributed by atoms with Gasteiger partial charge in [-0.1, -0.05) is 19.1 Å². The van der Waals surface area contributed by atoms with Gasteiger partial charge in [0, 0.05) is 17.5 Å². The van der Waals surface area contributed by atoms with Crippen LogP contribution in [0.25, 0.3) is 5.57 Å². The number of hydrogen-bond acceptors (Lipinski definition) is 2. The van der Waals surface area contributed by atoms with E-state index in [0.29, 0.717) is 12.1 Å². The molecule has 3 nitrogen and oxygen atoms in total. The van der Waals surface area contributed by atoms with Crippen molar-refractivity contribution in [1.82, 2.24) is 4.98 Å². The summed E-state index contributed by atoms with van der Waals surface area (Å²) < 4.78 is 0. The summed E-state index contributed by atoms with van der Waals surface area (Å²) in [7, 11) is 0. The zero-order valence-corrected chi connectivity index (χ0v) is 10.3. The van der Waals surface area contributed by atoms with Crippen LogP contribution in [-0.2, 0) is 4.79 Å². The highest BCUT2D eigenvalue weighted by atomic mass is 35.5. The first kappa shape index (κ1) is 12.1. The van der Waals surface area contributed by atoms with Crippen molar-refractivity contribution in [2.24, 2.45) is 0 Å².